The zero-order valence-corrected chi connectivity index (χ0v) is 13.6. The minimum absolute atomic E-state index is 0.0880. The molecule has 2 aromatic rings. The number of nitrogens with zero attached hydrogens (tertiary/aromatic N) is 3. The number of ether oxygens (including phenoxy) is 1. The van der Waals surface area contributed by atoms with Crippen molar-refractivity contribution >= 4 is 22.9 Å². The van der Waals surface area contributed by atoms with Crippen LogP contribution in [0.1, 0.15) is 13.0 Å². The van der Waals surface area contributed by atoms with Gasteiger partial charge in [-0.2, -0.15) is 5.10 Å². The van der Waals surface area contributed by atoms with E-state index < -0.39 is 11.6 Å². The SMILES string of the molecule is CC(C(=O)N1CCOCC1)n1nc(-c2cccs2)cc(N)c1=O. The Balaban J connectivity index is 1.94. The van der Waals surface area contributed by atoms with Crippen molar-refractivity contribution in [2.24, 2.45) is 0 Å². The van der Waals surface area contributed by atoms with Crippen LogP contribution in [0, 0.1) is 0 Å². The fourth-order valence-electron chi connectivity index (χ4n) is 2.49. The predicted octanol–water partition coefficient (Wildman–Crippen LogP) is 0.974. The van der Waals surface area contributed by atoms with Gasteiger partial charge >= 0.3 is 0 Å². The molecule has 1 unspecified atom stereocenters. The number of hydrogen-bond acceptors (Lipinski definition) is 6. The van der Waals surface area contributed by atoms with Gasteiger partial charge in [0.15, 0.2) is 0 Å². The average molecular weight is 334 g/mol. The molecule has 1 amide bonds. The van der Waals surface area contributed by atoms with E-state index in [9.17, 15) is 9.59 Å². The van der Waals surface area contributed by atoms with Crippen molar-refractivity contribution in [2.45, 2.75) is 13.0 Å². The van der Waals surface area contributed by atoms with Crippen molar-refractivity contribution in [1.82, 2.24) is 14.7 Å². The van der Waals surface area contributed by atoms with Crippen LogP contribution < -0.4 is 11.3 Å². The molecule has 23 heavy (non-hydrogen) atoms. The summed E-state index contributed by atoms with van der Waals surface area (Å²) >= 11 is 1.50. The molecule has 1 aliphatic rings. The molecule has 8 heteroatoms. The Kier molecular flexibility index (Phi) is 4.44. The zero-order valence-electron chi connectivity index (χ0n) is 12.8. The van der Waals surface area contributed by atoms with Gasteiger partial charge in [-0.1, -0.05) is 6.07 Å². The fraction of sp³-hybridized carbons (Fsp3) is 0.400. The first-order valence-corrected chi connectivity index (χ1v) is 8.25. The third-order valence-electron chi connectivity index (χ3n) is 3.78. The van der Waals surface area contributed by atoms with Gasteiger partial charge in [-0.05, 0) is 24.4 Å². The van der Waals surface area contributed by atoms with Gasteiger partial charge in [-0.15, -0.1) is 11.3 Å². The molecule has 0 saturated carbocycles. The normalized spacial score (nSPS) is 16.3. The first-order valence-electron chi connectivity index (χ1n) is 7.37. The van der Waals surface area contributed by atoms with E-state index >= 15 is 0 Å². The molecule has 0 aromatic carbocycles. The molecule has 3 heterocycles. The lowest BCUT2D eigenvalue weighted by molar-refractivity contribution is -0.138. The van der Waals surface area contributed by atoms with Gasteiger partial charge in [0.1, 0.15) is 17.4 Å². The maximum atomic E-state index is 12.6. The highest BCUT2D eigenvalue weighted by Gasteiger charge is 2.26. The maximum Gasteiger partial charge on any atom is 0.290 e. The number of amides is 1. The molecule has 1 aliphatic heterocycles. The van der Waals surface area contributed by atoms with Crippen LogP contribution in [0.4, 0.5) is 5.69 Å². The standard InChI is InChI=1S/C15H18N4O3S/c1-10(14(20)18-4-6-22-7-5-18)19-15(21)11(16)9-12(17-19)13-3-2-8-23-13/h2-3,8-10H,4-7,16H2,1H3. The summed E-state index contributed by atoms with van der Waals surface area (Å²) in [5, 5.41) is 6.27. The number of aromatic nitrogens is 2. The van der Waals surface area contributed by atoms with Crippen molar-refractivity contribution in [2.75, 3.05) is 32.0 Å². The Morgan fingerprint density at radius 2 is 2.17 bits per heavy atom. The smallest absolute Gasteiger partial charge is 0.290 e. The minimum atomic E-state index is -0.706. The lowest BCUT2D eigenvalue weighted by atomic mass is 10.2. The summed E-state index contributed by atoms with van der Waals surface area (Å²) < 4.78 is 6.43. The average Bonchev–Trinajstić information content (AvgIpc) is 3.11. The lowest BCUT2D eigenvalue weighted by Crippen LogP contribution is -2.45. The number of nitrogen functional groups attached to an aromatic ring is 1. The predicted molar refractivity (Wildman–Crippen MR) is 88.3 cm³/mol. The Bertz CT molecular complexity index is 751. The monoisotopic (exact) mass is 334 g/mol. The molecule has 0 spiro atoms. The lowest BCUT2D eigenvalue weighted by Gasteiger charge is -2.29. The van der Waals surface area contributed by atoms with E-state index in [2.05, 4.69) is 5.10 Å². The number of rotatable bonds is 3. The van der Waals surface area contributed by atoms with Crippen LogP contribution in [0.25, 0.3) is 10.6 Å². The van der Waals surface area contributed by atoms with E-state index in [1.165, 1.54) is 16.0 Å². The fourth-order valence-corrected chi connectivity index (χ4v) is 3.17. The molecule has 122 valence electrons. The van der Waals surface area contributed by atoms with Crippen molar-refractivity contribution in [1.29, 1.82) is 0 Å². The summed E-state index contributed by atoms with van der Waals surface area (Å²) in [4.78, 5) is 27.5. The van der Waals surface area contributed by atoms with E-state index in [1.54, 1.807) is 17.9 Å². The number of carbonyl (C=O) groups is 1. The van der Waals surface area contributed by atoms with Crippen molar-refractivity contribution in [3.05, 3.63) is 33.9 Å². The van der Waals surface area contributed by atoms with Crippen molar-refractivity contribution in [3.63, 3.8) is 0 Å². The second kappa shape index (κ2) is 6.51. The molecule has 7 nitrogen and oxygen atoms in total. The Morgan fingerprint density at radius 3 is 2.83 bits per heavy atom. The topological polar surface area (TPSA) is 90.4 Å². The Morgan fingerprint density at radius 1 is 1.43 bits per heavy atom. The van der Waals surface area contributed by atoms with Crippen LogP contribution in [0.5, 0.6) is 0 Å². The molecule has 2 aromatic heterocycles. The Labute approximate surface area is 137 Å². The van der Waals surface area contributed by atoms with Crippen molar-refractivity contribution in [3.8, 4) is 10.6 Å². The van der Waals surface area contributed by atoms with Crippen LogP contribution in [0.15, 0.2) is 28.4 Å². The number of anilines is 1. The highest BCUT2D eigenvalue weighted by molar-refractivity contribution is 7.13. The summed E-state index contributed by atoms with van der Waals surface area (Å²) in [7, 11) is 0. The highest BCUT2D eigenvalue weighted by Crippen LogP contribution is 2.23. The van der Waals surface area contributed by atoms with E-state index in [0.29, 0.717) is 32.0 Å². The summed E-state index contributed by atoms with van der Waals surface area (Å²) in [5.74, 6) is -0.148. The number of hydrogen-bond donors (Lipinski definition) is 1. The molecule has 0 bridgehead atoms. The first kappa shape index (κ1) is 15.7. The molecule has 1 saturated heterocycles. The van der Waals surface area contributed by atoms with Gasteiger partial charge in [-0.3, -0.25) is 9.59 Å². The molecule has 3 rings (SSSR count). The van der Waals surface area contributed by atoms with Crippen LogP contribution in [0.2, 0.25) is 0 Å². The molecule has 0 aliphatic carbocycles. The third-order valence-corrected chi connectivity index (χ3v) is 4.68. The summed E-state index contributed by atoms with van der Waals surface area (Å²) in [6.07, 6.45) is 0. The van der Waals surface area contributed by atoms with Crippen LogP contribution >= 0.6 is 11.3 Å². The van der Waals surface area contributed by atoms with E-state index in [1.807, 2.05) is 17.5 Å². The summed E-state index contributed by atoms with van der Waals surface area (Å²) in [5.41, 5.74) is 6.07. The van der Waals surface area contributed by atoms with E-state index in [-0.39, 0.29) is 11.6 Å². The maximum absolute atomic E-state index is 12.6. The van der Waals surface area contributed by atoms with Gasteiger partial charge in [0.2, 0.25) is 5.91 Å². The molecule has 1 fully saturated rings. The number of carbonyl (C=O) groups excluding carboxylic acids is 1. The Hall–Kier alpha value is -2.19. The molecular formula is C15H18N4O3S. The van der Waals surface area contributed by atoms with Gasteiger partial charge in [0.25, 0.3) is 5.56 Å². The molecular weight excluding hydrogens is 316 g/mol. The number of nitrogens with two attached hydrogens (primary N) is 1. The molecule has 0 radical (unpaired) electrons. The van der Waals surface area contributed by atoms with Crippen LogP contribution in [-0.2, 0) is 9.53 Å². The number of thiophene rings is 1. The van der Waals surface area contributed by atoms with Crippen LogP contribution in [0.3, 0.4) is 0 Å². The molecule has 2 N–H and O–H groups in total. The van der Waals surface area contributed by atoms with Gasteiger partial charge in [-0.25, -0.2) is 4.68 Å². The van der Waals surface area contributed by atoms with Crippen LogP contribution in [-0.4, -0.2) is 46.9 Å². The minimum Gasteiger partial charge on any atom is -0.394 e. The summed E-state index contributed by atoms with van der Waals surface area (Å²) in [6.45, 7) is 3.75. The van der Waals surface area contributed by atoms with Gasteiger partial charge < -0.3 is 15.4 Å². The second-order valence-electron chi connectivity index (χ2n) is 5.33. The van der Waals surface area contributed by atoms with E-state index in [4.69, 9.17) is 10.5 Å². The quantitative estimate of drug-likeness (QED) is 0.903. The zero-order chi connectivity index (χ0) is 16.4. The van der Waals surface area contributed by atoms with Gasteiger partial charge in [0.05, 0.1) is 18.1 Å². The van der Waals surface area contributed by atoms with E-state index in [0.717, 1.165) is 4.88 Å². The first-order chi connectivity index (χ1) is 11.1. The highest BCUT2D eigenvalue weighted by atomic mass is 32.1. The number of morpholine rings is 1. The summed E-state index contributed by atoms with van der Waals surface area (Å²) in [6, 6.07) is 4.64. The largest absolute Gasteiger partial charge is 0.394 e. The van der Waals surface area contributed by atoms with Gasteiger partial charge in [0, 0.05) is 13.1 Å². The third kappa shape index (κ3) is 3.13. The second-order valence-corrected chi connectivity index (χ2v) is 6.27. The molecule has 1 atom stereocenters. The van der Waals surface area contributed by atoms with Crippen molar-refractivity contribution < 1.29 is 9.53 Å².